The van der Waals surface area contributed by atoms with E-state index in [9.17, 15) is 27.6 Å². The molecule has 1 aliphatic rings. The highest BCUT2D eigenvalue weighted by atomic mass is 19.4. The number of nitrogens with zero attached hydrogens (tertiary/aromatic N) is 2. The Labute approximate surface area is 189 Å². The quantitative estimate of drug-likeness (QED) is 0.522. The van der Waals surface area contributed by atoms with Crippen LogP contribution in [0.3, 0.4) is 0 Å². The summed E-state index contributed by atoms with van der Waals surface area (Å²) in [6, 6.07) is 4.73. The maximum absolute atomic E-state index is 13.3. The number of aromatic nitrogens is 1. The molecule has 1 saturated heterocycles. The first-order valence-electron chi connectivity index (χ1n) is 10.6. The Hall–Kier alpha value is -3.14. The van der Waals surface area contributed by atoms with Crippen LogP contribution < -0.4 is 0 Å². The molecule has 1 aliphatic heterocycles. The molecule has 0 unspecified atom stereocenters. The smallest absolute Gasteiger partial charge is 0.417 e. The summed E-state index contributed by atoms with van der Waals surface area (Å²) in [6.07, 6.45) is -4.62. The zero-order chi connectivity index (χ0) is 24.3. The van der Waals surface area contributed by atoms with E-state index in [0.29, 0.717) is 29.9 Å². The van der Waals surface area contributed by atoms with Crippen molar-refractivity contribution in [2.24, 2.45) is 0 Å². The number of ether oxygens (including phenoxy) is 1. The lowest BCUT2D eigenvalue weighted by Crippen LogP contribution is -2.50. The number of amides is 1. The predicted octanol–water partition coefficient (Wildman–Crippen LogP) is 3.47. The summed E-state index contributed by atoms with van der Waals surface area (Å²) in [5.41, 5.74) is 0.432. The van der Waals surface area contributed by atoms with Crippen LogP contribution in [0, 0.1) is 13.8 Å². The highest BCUT2D eigenvalue weighted by Gasteiger charge is 2.36. The van der Waals surface area contributed by atoms with Crippen LogP contribution in [0.2, 0.25) is 0 Å². The van der Waals surface area contributed by atoms with Gasteiger partial charge in [-0.25, -0.2) is 4.79 Å². The van der Waals surface area contributed by atoms with Gasteiger partial charge in [-0.15, -0.1) is 0 Å². The second-order valence-corrected chi connectivity index (χ2v) is 7.88. The summed E-state index contributed by atoms with van der Waals surface area (Å²) < 4.78 is 44.8. The number of aromatic amines is 1. The molecular formula is C23H26F3N3O4. The highest BCUT2D eigenvalue weighted by molar-refractivity contribution is 6.03. The molecule has 10 heteroatoms. The van der Waals surface area contributed by atoms with Crippen molar-refractivity contribution in [3.63, 3.8) is 0 Å². The van der Waals surface area contributed by atoms with Gasteiger partial charge in [0.2, 0.25) is 0 Å². The molecule has 178 valence electrons. The van der Waals surface area contributed by atoms with E-state index < -0.39 is 23.6 Å². The van der Waals surface area contributed by atoms with Gasteiger partial charge in [-0.05, 0) is 38.5 Å². The van der Waals surface area contributed by atoms with Crippen molar-refractivity contribution < 1.29 is 32.3 Å². The van der Waals surface area contributed by atoms with Gasteiger partial charge in [-0.3, -0.25) is 14.5 Å². The Morgan fingerprint density at radius 2 is 1.70 bits per heavy atom. The summed E-state index contributed by atoms with van der Waals surface area (Å²) in [7, 11) is 0. The van der Waals surface area contributed by atoms with Crippen LogP contribution in [-0.4, -0.2) is 71.8 Å². The number of rotatable bonds is 6. The van der Waals surface area contributed by atoms with E-state index in [0.717, 1.165) is 6.07 Å². The fourth-order valence-electron chi connectivity index (χ4n) is 4.05. The average Bonchev–Trinajstić information content (AvgIpc) is 3.07. The molecule has 0 aliphatic carbocycles. The third-order valence-electron chi connectivity index (χ3n) is 5.69. The molecule has 1 amide bonds. The highest BCUT2D eigenvalue weighted by Crippen LogP contribution is 2.32. The largest absolute Gasteiger partial charge is 0.461 e. The summed E-state index contributed by atoms with van der Waals surface area (Å²) in [5, 5.41) is 0. The number of carbonyl (C=O) groups excluding carboxylic acids is 3. The van der Waals surface area contributed by atoms with Gasteiger partial charge in [0.1, 0.15) is 5.69 Å². The van der Waals surface area contributed by atoms with Gasteiger partial charge in [-0.2, -0.15) is 13.2 Å². The lowest BCUT2D eigenvalue weighted by Gasteiger charge is -2.34. The number of nitrogens with one attached hydrogen (secondary N) is 1. The minimum absolute atomic E-state index is 0.0724. The number of H-pyrrole nitrogens is 1. The number of halogens is 3. The van der Waals surface area contributed by atoms with Crippen molar-refractivity contribution >= 4 is 17.7 Å². The lowest BCUT2D eigenvalue weighted by atomic mass is 10.0. The summed E-state index contributed by atoms with van der Waals surface area (Å²) in [5.74, 6) is -1.38. The average molecular weight is 465 g/mol. The molecule has 0 radical (unpaired) electrons. The molecule has 0 saturated carbocycles. The Morgan fingerprint density at radius 1 is 1.06 bits per heavy atom. The van der Waals surface area contributed by atoms with Gasteiger partial charge in [-0.1, -0.05) is 12.1 Å². The Kier molecular flexibility index (Phi) is 7.26. The molecule has 0 spiro atoms. The molecule has 2 heterocycles. The fraction of sp³-hybridized carbons (Fsp3) is 0.435. The van der Waals surface area contributed by atoms with E-state index in [1.54, 1.807) is 20.8 Å². The molecule has 1 N–H and O–H groups in total. The van der Waals surface area contributed by atoms with Crippen molar-refractivity contribution in [3.05, 3.63) is 57.9 Å². The van der Waals surface area contributed by atoms with Gasteiger partial charge < -0.3 is 14.6 Å². The molecule has 0 atom stereocenters. The number of benzene rings is 1. The van der Waals surface area contributed by atoms with Gasteiger partial charge in [0.15, 0.2) is 5.78 Å². The van der Waals surface area contributed by atoms with Crippen LogP contribution >= 0.6 is 0 Å². The van der Waals surface area contributed by atoms with Crippen molar-refractivity contribution in [1.82, 2.24) is 14.8 Å². The van der Waals surface area contributed by atoms with Gasteiger partial charge >= 0.3 is 12.1 Å². The first-order valence-corrected chi connectivity index (χ1v) is 10.6. The number of aryl methyl sites for hydroxylation is 1. The van der Waals surface area contributed by atoms with E-state index in [1.807, 2.05) is 4.90 Å². The molecule has 1 fully saturated rings. The SMILES string of the molecule is CCOC(=O)c1[nH]c(C)c(C(=O)CN2CCN(C(=O)c3ccccc3C(F)(F)F)CC2)c1C. The van der Waals surface area contributed by atoms with Gasteiger partial charge in [0.25, 0.3) is 5.91 Å². The number of esters is 1. The fourth-order valence-corrected chi connectivity index (χ4v) is 4.05. The third-order valence-corrected chi connectivity index (χ3v) is 5.69. The van der Waals surface area contributed by atoms with E-state index in [4.69, 9.17) is 4.74 Å². The van der Waals surface area contributed by atoms with E-state index in [2.05, 4.69) is 4.98 Å². The van der Waals surface area contributed by atoms with Crippen LogP contribution in [0.4, 0.5) is 13.2 Å². The topological polar surface area (TPSA) is 82.7 Å². The molecule has 2 aromatic rings. The minimum Gasteiger partial charge on any atom is -0.461 e. The number of piperazine rings is 1. The molecule has 3 rings (SSSR count). The first-order chi connectivity index (χ1) is 15.5. The van der Waals surface area contributed by atoms with E-state index in [-0.39, 0.29) is 43.3 Å². The van der Waals surface area contributed by atoms with Crippen molar-refractivity contribution in [2.75, 3.05) is 39.3 Å². The third kappa shape index (κ3) is 5.27. The van der Waals surface area contributed by atoms with Crippen LogP contribution in [-0.2, 0) is 10.9 Å². The zero-order valence-corrected chi connectivity index (χ0v) is 18.7. The van der Waals surface area contributed by atoms with Crippen LogP contribution in [0.1, 0.15) is 54.9 Å². The number of hydrogen-bond donors (Lipinski definition) is 1. The molecule has 7 nitrogen and oxygen atoms in total. The second kappa shape index (κ2) is 9.78. The van der Waals surface area contributed by atoms with Crippen LogP contribution in [0.15, 0.2) is 24.3 Å². The van der Waals surface area contributed by atoms with Crippen LogP contribution in [0.5, 0.6) is 0 Å². The minimum atomic E-state index is -4.62. The lowest BCUT2D eigenvalue weighted by molar-refractivity contribution is -0.138. The number of hydrogen-bond acceptors (Lipinski definition) is 5. The number of alkyl halides is 3. The molecule has 0 bridgehead atoms. The second-order valence-electron chi connectivity index (χ2n) is 7.88. The first kappa shape index (κ1) is 24.5. The maximum atomic E-state index is 13.3. The molecule has 33 heavy (non-hydrogen) atoms. The molecule has 1 aromatic carbocycles. The number of carbonyl (C=O) groups is 3. The maximum Gasteiger partial charge on any atom is 0.417 e. The Bertz CT molecular complexity index is 1050. The van der Waals surface area contributed by atoms with E-state index in [1.165, 1.54) is 23.1 Å². The Balaban J connectivity index is 1.64. The van der Waals surface area contributed by atoms with Gasteiger partial charge in [0.05, 0.1) is 24.3 Å². The van der Waals surface area contributed by atoms with Crippen molar-refractivity contribution in [3.8, 4) is 0 Å². The van der Waals surface area contributed by atoms with Crippen molar-refractivity contribution in [2.45, 2.75) is 26.9 Å². The van der Waals surface area contributed by atoms with Gasteiger partial charge in [0, 0.05) is 37.4 Å². The summed E-state index contributed by atoms with van der Waals surface area (Å²) in [6.45, 7) is 6.47. The van der Waals surface area contributed by atoms with E-state index >= 15 is 0 Å². The van der Waals surface area contributed by atoms with Crippen molar-refractivity contribution in [1.29, 1.82) is 0 Å². The standard InChI is InChI=1S/C23H26F3N3O4/c1-4-33-22(32)20-14(2)19(15(3)27-20)18(30)13-28-9-11-29(12-10-28)21(31)16-7-5-6-8-17(16)23(24,25)26/h5-8,27H,4,9-13H2,1-3H3. The number of ketones is 1. The zero-order valence-electron chi connectivity index (χ0n) is 18.7. The number of Topliss-reactive ketones (excluding diaryl/α,β-unsaturated/α-hetero) is 1. The Morgan fingerprint density at radius 3 is 2.30 bits per heavy atom. The van der Waals surface area contributed by atoms with Crippen LogP contribution in [0.25, 0.3) is 0 Å². The predicted molar refractivity (Wildman–Crippen MR) is 114 cm³/mol. The monoisotopic (exact) mass is 465 g/mol. The molecule has 1 aromatic heterocycles. The summed E-state index contributed by atoms with van der Waals surface area (Å²) >= 11 is 0. The molecular weight excluding hydrogens is 439 g/mol. The normalized spacial score (nSPS) is 14.9. The summed E-state index contributed by atoms with van der Waals surface area (Å²) in [4.78, 5) is 43.8.